The summed E-state index contributed by atoms with van der Waals surface area (Å²) >= 11 is 0. The number of carbonyl (C=O) groups is 8. The summed E-state index contributed by atoms with van der Waals surface area (Å²) < 4.78 is 5.92. The van der Waals surface area contributed by atoms with Gasteiger partial charge in [0.25, 0.3) is 5.91 Å². The van der Waals surface area contributed by atoms with Crippen molar-refractivity contribution in [2.75, 3.05) is 40.8 Å². The Hall–Kier alpha value is -5.10. The first-order valence-electron chi connectivity index (χ1n) is 21.6. The number of imide groups is 1. The number of aliphatic hydroxyl groups excluding tert-OH is 1. The molecule has 0 saturated carbocycles. The fourth-order valence-corrected chi connectivity index (χ4v) is 7.35. The lowest BCUT2D eigenvalue weighted by atomic mass is 9.97. The number of ether oxygens (including phenoxy) is 1. The number of nitrogens with one attached hydrogen (secondary N) is 4. The van der Waals surface area contributed by atoms with Gasteiger partial charge in [0.2, 0.25) is 35.4 Å². The zero-order chi connectivity index (χ0) is 46.6. The second kappa shape index (κ2) is 22.8. The number of likely N-dealkylation sites (N-methyl/N-ethyl adjacent to an activating group) is 3. The fourth-order valence-electron chi connectivity index (χ4n) is 7.35. The summed E-state index contributed by atoms with van der Waals surface area (Å²) in [4.78, 5) is 118. The summed E-state index contributed by atoms with van der Waals surface area (Å²) in [6.07, 6.45) is 0.355. The van der Waals surface area contributed by atoms with Gasteiger partial charge in [-0.3, -0.25) is 38.5 Å². The van der Waals surface area contributed by atoms with E-state index in [4.69, 9.17) is 4.74 Å². The molecule has 0 aliphatic carbocycles. The third-order valence-electron chi connectivity index (χ3n) is 11.1. The molecule has 18 heteroatoms. The molecule has 0 spiro atoms. The van der Waals surface area contributed by atoms with Crippen molar-refractivity contribution in [2.45, 2.75) is 142 Å². The summed E-state index contributed by atoms with van der Waals surface area (Å²) in [5.41, 5.74) is -0.0717. The Morgan fingerprint density at radius 1 is 0.758 bits per heavy atom. The van der Waals surface area contributed by atoms with E-state index in [1.54, 1.807) is 58.9 Å². The number of hydrogen-bond donors (Lipinski definition) is 5. The second-order valence-corrected chi connectivity index (χ2v) is 18.2. The van der Waals surface area contributed by atoms with Gasteiger partial charge in [-0.15, -0.1) is 0 Å². The minimum absolute atomic E-state index is 0.0460. The first kappa shape index (κ1) is 51.3. The smallest absolute Gasteiger partial charge is 0.324 e. The molecule has 2 saturated heterocycles. The van der Waals surface area contributed by atoms with Crippen LogP contribution in [0.3, 0.4) is 0 Å². The highest BCUT2D eigenvalue weighted by Crippen LogP contribution is 2.20. The zero-order valence-electron chi connectivity index (χ0n) is 38.4. The number of aliphatic hydroxyl groups is 1. The summed E-state index contributed by atoms with van der Waals surface area (Å²) in [7, 11) is 4.03. The Bertz CT molecular complexity index is 1740. The topological polar surface area (TPSA) is 227 Å². The number of likely N-dealkylation sites (tertiary alicyclic amines) is 1. The molecule has 2 aliphatic heterocycles. The minimum atomic E-state index is -1.71. The molecular weight excluding hydrogens is 801 g/mol. The van der Waals surface area contributed by atoms with Crippen LogP contribution in [0.2, 0.25) is 0 Å². The van der Waals surface area contributed by atoms with Crippen LogP contribution in [0.15, 0.2) is 30.3 Å². The van der Waals surface area contributed by atoms with Crippen LogP contribution in [0.1, 0.15) is 93.1 Å². The normalized spacial score (nSPS) is 25.5. The van der Waals surface area contributed by atoms with Crippen LogP contribution in [0.5, 0.6) is 0 Å². The SMILES string of the molecule is CC(C)C[C@H]1C(=O)N[C@@H](COC(C)(C)C)C(=O)N(C)C(=O)N[C@@H]([C@@H](C)O)C(=O)N[C@H](C(=O)N2CCCCC2)CC(=O)N[C@@H](C(C)C)C(=O)N(C)[C@@H](Cc2ccccc2)C(=O)N1C. The van der Waals surface area contributed by atoms with E-state index >= 15 is 0 Å². The molecule has 346 valence electrons. The number of benzene rings is 1. The van der Waals surface area contributed by atoms with Gasteiger partial charge in [0, 0.05) is 40.7 Å². The molecule has 3 rings (SSSR count). The molecule has 0 aromatic heterocycles. The van der Waals surface area contributed by atoms with E-state index in [2.05, 4.69) is 21.3 Å². The van der Waals surface area contributed by atoms with E-state index in [-0.39, 0.29) is 25.4 Å². The van der Waals surface area contributed by atoms with Crippen molar-refractivity contribution >= 4 is 47.4 Å². The third kappa shape index (κ3) is 14.5. The van der Waals surface area contributed by atoms with Gasteiger partial charge < -0.3 is 45.8 Å². The van der Waals surface area contributed by atoms with E-state index < -0.39 is 108 Å². The third-order valence-corrected chi connectivity index (χ3v) is 11.1. The van der Waals surface area contributed by atoms with Crippen LogP contribution >= 0.6 is 0 Å². The van der Waals surface area contributed by atoms with Crippen molar-refractivity contribution in [1.29, 1.82) is 0 Å². The zero-order valence-corrected chi connectivity index (χ0v) is 38.4. The first-order valence-corrected chi connectivity index (χ1v) is 21.6. The van der Waals surface area contributed by atoms with Crippen LogP contribution in [-0.4, -0.2) is 161 Å². The number of amides is 9. The first-order chi connectivity index (χ1) is 28.9. The number of nitrogens with zero attached hydrogens (tertiary/aromatic N) is 4. The summed E-state index contributed by atoms with van der Waals surface area (Å²) in [5, 5.41) is 21.1. The van der Waals surface area contributed by atoms with Crippen molar-refractivity contribution in [3.8, 4) is 0 Å². The van der Waals surface area contributed by atoms with Gasteiger partial charge in [0.05, 0.1) is 24.7 Å². The van der Waals surface area contributed by atoms with Gasteiger partial charge in [0.15, 0.2) is 0 Å². The molecule has 18 nitrogen and oxygen atoms in total. The van der Waals surface area contributed by atoms with Crippen molar-refractivity contribution in [3.63, 3.8) is 0 Å². The number of rotatable bonds is 9. The fraction of sp³-hybridized carbons (Fsp3) is 0.682. The van der Waals surface area contributed by atoms with E-state index in [1.807, 2.05) is 19.9 Å². The van der Waals surface area contributed by atoms with Crippen LogP contribution in [-0.2, 0) is 44.7 Å². The maximum Gasteiger partial charge on any atom is 0.324 e. The Morgan fingerprint density at radius 3 is 1.90 bits per heavy atom. The van der Waals surface area contributed by atoms with Crippen molar-refractivity contribution in [2.24, 2.45) is 11.8 Å². The molecule has 2 heterocycles. The lowest BCUT2D eigenvalue weighted by molar-refractivity contribution is -0.150. The van der Waals surface area contributed by atoms with Gasteiger partial charge in [0.1, 0.15) is 36.3 Å². The van der Waals surface area contributed by atoms with Crippen LogP contribution in [0.25, 0.3) is 0 Å². The summed E-state index contributed by atoms with van der Waals surface area (Å²) in [6, 6.07) is -0.287. The van der Waals surface area contributed by atoms with E-state index in [1.165, 1.54) is 35.7 Å². The van der Waals surface area contributed by atoms with Crippen LogP contribution in [0.4, 0.5) is 4.79 Å². The molecule has 0 unspecified atom stereocenters. The van der Waals surface area contributed by atoms with E-state index in [0.717, 1.165) is 19.0 Å². The molecule has 5 N–H and O–H groups in total. The van der Waals surface area contributed by atoms with Crippen LogP contribution < -0.4 is 21.3 Å². The van der Waals surface area contributed by atoms with E-state index in [0.29, 0.717) is 30.8 Å². The highest BCUT2D eigenvalue weighted by molar-refractivity contribution is 6.02. The Balaban J connectivity index is 2.22. The lowest BCUT2D eigenvalue weighted by Gasteiger charge is -2.37. The Kier molecular flexibility index (Phi) is 18.9. The number of piperidine rings is 1. The maximum absolute atomic E-state index is 14.8. The van der Waals surface area contributed by atoms with Crippen molar-refractivity contribution < 1.29 is 48.2 Å². The monoisotopic (exact) mass is 871 g/mol. The van der Waals surface area contributed by atoms with Gasteiger partial charge in [-0.1, -0.05) is 58.0 Å². The molecule has 2 aliphatic rings. The maximum atomic E-state index is 14.8. The highest BCUT2D eigenvalue weighted by atomic mass is 16.5. The standard InChI is InChI=1S/C44H70N8O10/c1-26(2)22-32-37(55)46-31(25-62-44(6,7)8)39(57)51(11)43(61)48-36(28(5)53)38(56)45-30(40(58)52-20-16-13-17-21-52)24-34(54)47-35(27(3)4)42(60)50(10)33(41(59)49(32)9)23-29-18-14-12-15-19-29/h12,14-15,18-19,26-28,30-33,35-36,53H,13,16-17,20-25H2,1-11H3,(H,45,56)(H,46,55)(H,47,54)(H,48,61)/t28-,30+,31+,32+,33+,35+,36+/m1/s1. The molecular formula is C44H70N8O10. The molecule has 62 heavy (non-hydrogen) atoms. The van der Waals surface area contributed by atoms with Gasteiger partial charge >= 0.3 is 6.03 Å². The number of urea groups is 1. The number of carbonyl (C=O) groups excluding carboxylic acids is 8. The average molecular weight is 871 g/mol. The molecule has 2 fully saturated rings. The number of hydrogen-bond acceptors (Lipinski definition) is 10. The van der Waals surface area contributed by atoms with Gasteiger partial charge in [-0.25, -0.2) is 4.79 Å². The predicted octanol–water partition coefficient (Wildman–Crippen LogP) is 1.19. The molecule has 0 radical (unpaired) electrons. The van der Waals surface area contributed by atoms with Crippen molar-refractivity contribution in [1.82, 2.24) is 40.9 Å². The summed E-state index contributed by atoms with van der Waals surface area (Å²) in [6.45, 7) is 14.0. The predicted molar refractivity (Wildman–Crippen MR) is 231 cm³/mol. The average Bonchev–Trinajstić information content (AvgIpc) is 3.21. The molecule has 9 amide bonds. The Labute approximate surface area is 366 Å². The van der Waals surface area contributed by atoms with Gasteiger partial charge in [-0.2, -0.15) is 0 Å². The summed E-state index contributed by atoms with van der Waals surface area (Å²) in [5.74, 6) is -5.84. The minimum Gasteiger partial charge on any atom is -0.391 e. The van der Waals surface area contributed by atoms with Gasteiger partial charge in [-0.05, 0) is 70.8 Å². The van der Waals surface area contributed by atoms with Crippen molar-refractivity contribution in [3.05, 3.63) is 35.9 Å². The highest BCUT2D eigenvalue weighted by Gasteiger charge is 2.41. The van der Waals surface area contributed by atoms with E-state index in [9.17, 15) is 43.5 Å². The Morgan fingerprint density at radius 2 is 1.35 bits per heavy atom. The largest absolute Gasteiger partial charge is 0.391 e. The lowest BCUT2D eigenvalue weighted by Crippen LogP contribution is -2.62. The second-order valence-electron chi connectivity index (χ2n) is 18.2. The molecule has 1 aromatic rings. The quantitative estimate of drug-likeness (QED) is 0.238. The molecule has 0 bridgehead atoms. The molecule has 7 atom stereocenters. The molecule has 1 aromatic carbocycles. The van der Waals surface area contributed by atoms with Crippen LogP contribution in [0, 0.1) is 11.8 Å².